The topological polar surface area (TPSA) is 30.0 Å². The maximum Gasteiger partial charge on any atom is 0.280 e. The largest absolute Gasteiger partial charge is 0.298 e. The third-order valence-corrected chi connectivity index (χ3v) is 2.50. The Morgan fingerprint density at radius 2 is 2.29 bits per heavy atom. The van der Waals surface area contributed by atoms with Gasteiger partial charge in [0.25, 0.3) is 6.43 Å². The minimum Gasteiger partial charge on any atom is -0.298 e. The first-order chi connectivity index (χ1) is 6.60. The van der Waals surface area contributed by atoms with Crippen LogP contribution in [0.2, 0.25) is 5.15 Å². The summed E-state index contributed by atoms with van der Waals surface area (Å²) in [6.45, 7) is 0. The molecule has 6 heteroatoms. The monoisotopic (exact) mass is 283 g/mol. The van der Waals surface area contributed by atoms with Crippen molar-refractivity contribution >= 4 is 33.8 Å². The highest BCUT2D eigenvalue weighted by Crippen LogP contribution is 2.25. The van der Waals surface area contributed by atoms with Crippen molar-refractivity contribution in [1.82, 2.24) is 4.98 Å². The van der Waals surface area contributed by atoms with E-state index in [-0.39, 0.29) is 16.0 Å². The number of aldehydes is 1. The lowest BCUT2D eigenvalue weighted by atomic mass is 10.1. The first kappa shape index (κ1) is 11.5. The van der Waals surface area contributed by atoms with E-state index < -0.39 is 12.1 Å². The molecule has 0 spiro atoms. The van der Waals surface area contributed by atoms with Gasteiger partial charge in [0, 0.05) is 5.33 Å². The number of hydrogen-bond donors (Lipinski definition) is 0. The maximum atomic E-state index is 12.3. The lowest BCUT2D eigenvalue weighted by Gasteiger charge is -2.06. The number of carbonyl (C=O) groups is 1. The van der Waals surface area contributed by atoms with Crippen molar-refractivity contribution in [2.24, 2.45) is 0 Å². The van der Waals surface area contributed by atoms with Crippen molar-refractivity contribution in [2.45, 2.75) is 11.8 Å². The molecule has 0 aliphatic carbocycles. The molecule has 0 fully saturated rings. The van der Waals surface area contributed by atoms with E-state index >= 15 is 0 Å². The van der Waals surface area contributed by atoms with Crippen molar-refractivity contribution < 1.29 is 13.6 Å². The highest BCUT2D eigenvalue weighted by atomic mass is 79.9. The number of aromatic nitrogens is 1. The molecule has 0 bridgehead atoms. The molecule has 0 aromatic carbocycles. The molecular formula is C8H5BrClF2NO. The van der Waals surface area contributed by atoms with Gasteiger partial charge in [0.05, 0.1) is 5.56 Å². The zero-order valence-electron chi connectivity index (χ0n) is 6.81. The van der Waals surface area contributed by atoms with E-state index in [4.69, 9.17) is 11.6 Å². The van der Waals surface area contributed by atoms with Crippen LogP contribution in [0.3, 0.4) is 0 Å². The second-order valence-electron chi connectivity index (χ2n) is 2.46. The Bertz CT molecular complexity index is 359. The van der Waals surface area contributed by atoms with E-state index in [0.29, 0.717) is 11.8 Å². The van der Waals surface area contributed by atoms with Crippen LogP contribution in [-0.4, -0.2) is 11.3 Å². The van der Waals surface area contributed by atoms with Gasteiger partial charge in [0.15, 0.2) is 6.29 Å². The molecule has 0 radical (unpaired) electrons. The Morgan fingerprint density at radius 1 is 1.64 bits per heavy atom. The van der Waals surface area contributed by atoms with Crippen LogP contribution in [0.25, 0.3) is 0 Å². The summed E-state index contributed by atoms with van der Waals surface area (Å²) in [7, 11) is 0. The van der Waals surface area contributed by atoms with Crippen molar-refractivity contribution in [1.29, 1.82) is 0 Å². The van der Waals surface area contributed by atoms with Crippen LogP contribution in [0.4, 0.5) is 8.78 Å². The molecule has 1 rings (SSSR count). The molecule has 76 valence electrons. The molecule has 1 aromatic rings. The quantitative estimate of drug-likeness (QED) is 0.484. The number of pyridine rings is 1. The van der Waals surface area contributed by atoms with Crippen molar-refractivity contribution in [2.75, 3.05) is 0 Å². The summed E-state index contributed by atoms with van der Waals surface area (Å²) < 4.78 is 24.5. The van der Waals surface area contributed by atoms with Gasteiger partial charge in [-0.3, -0.25) is 4.79 Å². The zero-order valence-corrected chi connectivity index (χ0v) is 9.15. The Morgan fingerprint density at radius 3 is 2.71 bits per heavy atom. The SMILES string of the molecule is O=Cc1c(CBr)cc(C(F)F)nc1Cl. The number of halogens is 4. The predicted molar refractivity (Wildman–Crippen MR) is 52.2 cm³/mol. The van der Waals surface area contributed by atoms with E-state index in [9.17, 15) is 13.6 Å². The van der Waals surface area contributed by atoms with Crippen LogP contribution in [0.5, 0.6) is 0 Å². The Kier molecular flexibility index (Phi) is 3.95. The van der Waals surface area contributed by atoms with Gasteiger partial charge >= 0.3 is 0 Å². The second kappa shape index (κ2) is 4.79. The summed E-state index contributed by atoms with van der Waals surface area (Å²) in [4.78, 5) is 14.0. The minimum atomic E-state index is -2.69. The number of nitrogens with zero attached hydrogens (tertiary/aromatic N) is 1. The van der Waals surface area contributed by atoms with E-state index in [1.165, 1.54) is 0 Å². The van der Waals surface area contributed by atoms with E-state index in [1.54, 1.807) is 0 Å². The van der Waals surface area contributed by atoms with Gasteiger partial charge in [-0.2, -0.15) is 0 Å². The fourth-order valence-electron chi connectivity index (χ4n) is 0.941. The highest BCUT2D eigenvalue weighted by molar-refractivity contribution is 9.08. The van der Waals surface area contributed by atoms with Crippen LogP contribution in [0, 0.1) is 0 Å². The summed E-state index contributed by atoms with van der Waals surface area (Å²) in [6.07, 6.45) is -2.19. The summed E-state index contributed by atoms with van der Waals surface area (Å²) >= 11 is 8.64. The molecule has 0 N–H and O–H groups in total. The van der Waals surface area contributed by atoms with Gasteiger partial charge in [-0.15, -0.1) is 0 Å². The van der Waals surface area contributed by atoms with Crippen LogP contribution in [-0.2, 0) is 5.33 Å². The van der Waals surface area contributed by atoms with Crippen LogP contribution in [0.15, 0.2) is 6.07 Å². The minimum absolute atomic E-state index is 0.146. The molecule has 0 saturated carbocycles. The average Bonchev–Trinajstić information content (AvgIpc) is 2.16. The van der Waals surface area contributed by atoms with Gasteiger partial charge in [0.2, 0.25) is 0 Å². The molecule has 14 heavy (non-hydrogen) atoms. The van der Waals surface area contributed by atoms with Crippen molar-refractivity contribution in [3.8, 4) is 0 Å². The maximum absolute atomic E-state index is 12.3. The standard InChI is InChI=1S/C8H5BrClF2NO/c9-2-4-1-6(8(11)12)13-7(10)5(4)3-14/h1,3,8H,2H2. The van der Waals surface area contributed by atoms with E-state index in [2.05, 4.69) is 20.9 Å². The van der Waals surface area contributed by atoms with Crippen molar-refractivity contribution in [3.05, 3.63) is 28.0 Å². The fraction of sp³-hybridized carbons (Fsp3) is 0.250. The van der Waals surface area contributed by atoms with Gasteiger partial charge in [-0.05, 0) is 11.6 Å². The highest BCUT2D eigenvalue weighted by Gasteiger charge is 2.15. The average molecular weight is 284 g/mol. The second-order valence-corrected chi connectivity index (χ2v) is 3.38. The summed E-state index contributed by atoms with van der Waals surface area (Å²) in [5, 5.41) is 0.0931. The molecule has 0 amide bonds. The first-order valence-corrected chi connectivity index (χ1v) is 5.08. The summed E-state index contributed by atoms with van der Waals surface area (Å²) in [6, 6.07) is 1.16. The molecule has 0 aliphatic rings. The lowest BCUT2D eigenvalue weighted by Crippen LogP contribution is -1.99. The third kappa shape index (κ3) is 2.27. The number of rotatable bonds is 3. The van der Waals surface area contributed by atoms with Crippen LogP contribution in [0.1, 0.15) is 28.0 Å². The molecule has 1 aromatic heterocycles. The Labute approximate surface area is 92.4 Å². The smallest absolute Gasteiger partial charge is 0.280 e. The normalized spacial score (nSPS) is 10.6. The molecule has 2 nitrogen and oxygen atoms in total. The zero-order chi connectivity index (χ0) is 10.7. The summed E-state index contributed by atoms with van der Waals surface area (Å²) in [5.41, 5.74) is 0.137. The molecular weight excluding hydrogens is 279 g/mol. The number of carbonyl (C=O) groups excluding carboxylic acids is 1. The van der Waals surface area contributed by atoms with Gasteiger partial charge in [-0.25, -0.2) is 13.8 Å². The molecule has 0 atom stereocenters. The number of hydrogen-bond acceptors (Lipinski definition) is 2. The Balaban J connectivity index is 3.31. The van der Waals surface area contributed by atoms with Crippen LogP contribution < -0.4 is 0 Å². The predicted octanol–water partition coefficient (Wildman–Crippen LogP) is 3.38. The van der Waals surface area contributed by atoms with Crippen LogP contribution >= 0.6 is 27.5 Å². The van der Waals surface area contributed by atoms with E-state index in [1.807, 2.05) is 0 Å². The fourth-order valence-corrected chi connectivity index (χ4v) is 1.67. The molecule has 0 saturated heterocycles. The molecule has 1 heterocycles. The van der Waals surface area contributed by atoms with Crippen molar-refractivity contribution in [3.63, 3.8) is 0 Å². The van der Waals surface area contributed by atoms with Gasteiger partial charge in [0.1, 0.15) is 10.8 Å². The van der Waals surface area contributed by atoms with E-state index in [0.717, 1.165) is 6.07 Å². The molecule has 0 aliphatic heterocycles. The lowest BCUT2D eigenvalue weighted by molar-refractivity contribution is 0.112. The third-order valence-electron chi connectivity index (χ3n) is 1.60. The number of alkyl halides is 3. The van der Waals surface area contributed by atoms with Gasteiger partial charge < -0.3 is 0 Å². The Hall–Kier alpha value is -0.550. The summed E-state index contributed by atoms with van der Waals surface area (Å²) in [5.74, 6) is 0. The van der Waals surface area contributed by atoms with Gasteiger partial charge in [-0.1, -0.05) is 27.5 Å². The first-order valence-electron chi connectivity index (χ1n) is 3.58. The molecule has 0 unspecified atom stereocenters.